The molecule has 0 spiro atoms. The molecule has 204 valence electrons. The van der Waals surface area contributed by atoms with Crippen molar-refractivity contribution in [1.82, 2.24) is 20.5 Å². The molecule has 10 heteroatoms. The Morgan fingerprint density at radius 3 is 2.78 bits per heavy atom. The average Bonchev–Trinajstić information content (AvgIpc) is 3.53. The second kappa shape index (κ2) is 17.1. The van der Waals surface area contributed by atoms with Crippen molar-refractivity contribution in [2.24, 2.45) is 4.99 Å². The summed E-state index contributed by atoms with van der Waals surface area (Å²) in [5.74, 6) is -0.896. The minimum absolute atomic E-state index is 0.544. The van der Waals surface area contributed by atoms with Crippen molar-refractivity contribution in [2.45, 2.75) is 100 Å². The smallest absolute Gasteiger partial charge is 0.364 e. The molecule has 1 aliphatic rings. The number of unbranched alkanes of at least 4 members (excludes halogenated alkanes) is 4. The Labute approximate surface area is 224 Å². The van der Waals surface area contributed by atoms with Crippen LogP contribution in [0.25, 0.3) is 0 Å². The van der Waals surface area contributed by atoms with Crippen molar-refractivity contribution < 1.29 is 14.3 Å². The first-order valence-electron chi connectivity index (χ1n) is 13.2. The van der Waals surface area contributed by atoms with E-state index < -0.39 is 10.7 Å². The fourth-order valence-corrected chi connectivity index (χ4v) is 6.46. The van der Waals surface area contributed by atoms with Crippen molar-refractivity contribution in [3.8, 4) is 0 Å². The highest BCUT2D eigenvalue weighted by atomic mass is 32.2. The van der Waals surface area contributed by atoms with Gasteiger partial charge in [-0.3, -0.25) is 20.2 Å². The normalized spacial score (nSPS) is 15.0. The Bertz CT molecular complexity index is 812. The number of halogens is 1. The van der Waals surface area contributed by atoms with E-state index in [0.29, 0.717) is 6.04 Å². The summed E-state index contributed by atoms with van der Waals surface area (Å²) in [4.78, 5) is 26.2. The van der Waals surface area contributed by atoms with Crippen molar-refractivity contribution in [2.75, 3.05) is 26.3 Å². The fourth-order valence-electron chi connectivity index (χ4n) is 4.21. The first-order chi connectivity index (χ1) is 17.4. The lowest BCUT2D eigenvalue weighted by Gasteiger charge is -2.24. The van der Waals surface area contributed by atoms with Gasteiger partial charge in [0.2, 0.25) is 0 Å². The predicted octanol–water partition coefficient (Wildman–Crippen LogP) is 5.88. The van der Waals surface area contributed by atoms with Gasteiger partial charge in [-0.2, -0.15) is 0 Å². The van der Waals surface area contributed by atoms with Crippen LogP contribution in [0.5, 0.6) is 0 Å². The molecule has 1 aromatic rings. The lowest BCUT2D eigenvalue weighted by Crippen LogP contribution is -2.39. The highest BCUT2D eigenvalue weighted by Gasteiger charge is 2.33. The highest BCUT2D eigenvalue weighted by molar-refractivity contribution is 8.03. The molecule has 1 saturated carbocycles. The van der Waals surface area contributed by atoms with Gasteiger partial charge in [-0.1, -0.05) is 57.2 Å². The van der Waals surface area contributed by atoms with E-state index >= 15 is 0 Å². The Hall–Kier alpha value is -1.49. The predicted molar refractivity (Wildman–Crippen MR) is 149 cm³/mol. The van der Waals surface area contributed by atoms with Gasteiger partial charge < -0.3 is 5.32 Å². The van der Waals surface area contributed by atoms with Gasteiger partial charge >= 0.3 is 5.97 Å². The first kappa shape index (κ1) is 30.7. The molecular weight excluding hydrogens is 497 g/mol. The molecule has 0 saturated heterocycles. The molecule has 1 aliphatic carbocycles. The number of carbonyl (C=O) groups is 1. The lowest BCUT2D eigenvalue weighted by molar-refractivity contribution is -0.185. The molecule has 1 heterocycles. The van der Waals surface area contributed by atoms with Crippen LogP contribution in [0.3, 0.4) is 0 Å². The van der Waals surface area contributed by atoms with E-state index in [-0.39, 0.29) is 0 Å². The van der Waals surface area contributed by atoms with Gasteiger partial charge in [-0.05, 0) is 46.4 Å². The van der Waals surface area contributed by atoms with E-state index in [9.17, 15) is 9.32 Å². The maximum atomic E-state index is 12.4. The first-order valence-corrected chi connectivity index (χ1v) is 14.9. The maximum absolute atomic E-state index is 12.4. The van der Waals surface area contributed by atoms with Gasteiger partial charge in [-0.25, -0.2) is 9.78 Å². The van der Waals surface area contributed by atoms with E-state index in [0.717, 1.165) is 48.5 Å². The molecule has 0 atom stereocenters. The number of carbonyl (C=O) groups excluding carboxylic acids is 1. The second-order valence-electron chi connectivity index (χ2n) is 9.91. The monoisotopic (exact) mass is 541 g/mol. The average molecular weight is 542 g/mol. The van der Waals surface area contributed by atoms with Crippen LogP contribution in [0.2, 0.25) is 0 Å². The number of nitrogens with one attached hydrogen (secondary N) is 2. The van der Waals surface area contributed by atoms with Gasteiger partial charge in [0.25, 0.3) is 0 Å². The van der Waals surface area contributed by atoms with Gasteiger partial charge in [0.1, 0.15) is 4.75 Å². The minimum atomic E-state index is -1.02. The zero-order valence-corrected chi connectivity index (χ0v) is 23.8. The van der Waals surface area contributed by atoms with E-state index in [4.69, 9.17) is 0 Å². The molecule has 36 heavy (non-hydrogen) atoms. The zero-order chi connectivity index (χ0) is 26.2. The number of aliphatic imine (C=N–C) groups is 1. The Kier molecular flexibility index (Phi) is 14.6. The molecule has 0 bridgehead atoms. The van der Waals surface area contributed by atoms with Gasteiger partial charge in [0.15, 0.2) is 4.34 Å². The molecule has 1 aromatic heterocycles. The summed E-state index contributed by atoms with van der Waals surface area (Å²) in [7, 11) is 0. The van der Waals surface area contributed by atoms with E-state index in [2.05, 4.69) is 44.1 Å². The summed E-state index contributed by atoms with van der Waals surface area (Å²) in [6.45, 7) is 12.6. The SMILES string of the molecule is C=N/C=C(\CNCN(CCCCCCC)CCc1csc(SC(C)(C)C(=O)OF)n1)NC1CCCC1. The number of thioether (sulfide) groups is 1. The molecule has 0 amide bonds. The van der Waals surface area contributed by atoms with Crippen LogP contribution in [-0.2, 0) is 16.2 Å². The van der Waals surface area contributed by atoms with E-state index in [1.165, 1.54) is 80.9 Å². The number of thiazole rings is 1. The van der Waals surface area contributed by atoms with Crippen molar-refractivity contribution in [3.05, 3.63) is 23.0 Å². The van der Waals surface area contributed by atoms with Crippen LogP contribution in [0.4, 0.5) is 4.53 Å². The summed E-state index contributed by atoms with van der Waals surface area (Å²) in [6.07, 6.45) is 13.9. The van der Waals surface area contributed by atoms with Gasteiger partial charge in [-0.15, -0.1) is 11.3 Å². The molecule has 0 aromatic carbocycles. The van der Waals surface area contributed by atoms with Crippen molar-refractivity contribution in [1.29, 1.82) is 0 Å². The van der Waals surface area contributed by atoms with Crippen LogP contribution in [0.15, 0.2) is 26.6 Å². The van der Waals surface area contributed by atoms with Crippen molar-refractivity contribution in [3.63, 3.8) is 0 Å². The third-order valence-electron chi connectivity index (χ3n) is 6.34. The molecule has 1 fully saturated rings. The lowest BCUT2D eigenvalue weighted by atomic mass is 10.1. The molecular formula is C26H44FN5O2S2. The summed E-state index contributed by atoms with van der Waals surface area (Å²) < 4.78 is 12.1. The van der Waals surface area contributed by atoms with Gasteiger partial charge in [0, 0.05) is 54.0 Å². The number of rotatable bonds is 19. The van der Waals surface area contributed by atoms with E-state index in [1.54, 1.807) is 13.8 Å². The Balaban J connectivity index is 1.87. The summed E-state index contributed by atoms with van der Waals surface area (Å²) in [6, 6.07) is 0.544. The molecule has 2 N–H and O–H groups in total. The van der Waals surface area contributed by atoms with Crippen LogP contribution in [0, 0.1) is 0 Å². The number of hydrogen-bond donors (Lipinski definition) is 2. The summed E-state index contributed by atoms with van der Waals surface area (Å²) >= 11 is 2.71. The fraction of sp³-hybridized carbons (Fsp3) is 0.731. The minimum Gasteiger partial charge on any atom is -0.383 e. The molecule has 0 unspecified atom stereocenters. The molecule has 2 rings (SSSR count). The van der Waals surface area contributed by atoms with Crippen LogP contribution in [-0.4, -0.2) is 59.7 Å². The standard InChI is InChI=1S/C26H44FN5O2S2/c1-5-6-7-8-11-15-32(20-29-18-23(17-28-4)30-21-12-9-10-13-21)16-14-22-19-35-25(31-22)36-26(2,3)24(33)34-27/h17,19,21,29-30H,4-16,18,20H2,1-3H3/b23-17+. The summed E-state index contributed by atoms with van der Waals surface area (Å²) in [5.41, 5.74) is 2.08. The summed E-state index contributed by atoms with van der Waals surface area (Å²) in [5, 5.41) is 9.24. The Morgan fingerprint density at radius 2 is 2.08 bits per heavy atom. The molecule has 7 nitrogen and oxygen atoms in total. The quantitative estimate of drug-likeness (QED) is 0.0980. The third kappa shape index (κ3) is 11.7. The number of hydrogen-bond acceptors (Lipinski definition) is 9. The van der Waals surface area contributed by atoms with E-state index in [1.807, 2.05) is 11.6 Å². The molecule has 0 radical (unpaired) electrons. The van der Waals surface area contributed by atoms with Gasteiger partial charge in [0.05, 0.1) is 5.69 Å². The maximum Gasteiger partial charge on any atom is 0.364 e. The molecule has 0 aliphatic heterocycles. The van der Waals surface area contributed by atoms with Crippen LogP contribution >= 0.6 is 23.1 Å². The second-order valence-corrected chi connectivity index (χ2v) is 12.6. The Morgan fingerprint density at radius 1 is 1.33 bits per heavy atom. The van der Waals surface area contributed by atoms with Crippen LogP contribution in [0.1, 0.15) is 84.3 Å². The third-order valence-corrected chi connectivity index (χ3v) is 8.50. The van der Waals surface area contributed by atoms with Crippen molar-refractivity contribution >= 4 is 35.8 Å². The van der Waals surface area contributed by atoms with Crippen LogP contribution < -0.4 is 10.6 Å². The zero-order valence-electron chi connectivity index (χ0n) is 22.2. The largest absolute Gasteiger partial charge is 0.383 e. The number of nitrogens with zero attached hydrogens (tertiary/aromatic N) is 3. The number of aromatic nitrogens is 1. The highest BCUT2D eigenvalue weighted by Crippen LogP contribution is 2.35. The topological polar surface area (TPSA) is 78.9 Å².